The van der Waals surface area contributed by atoms with Crippen molar-refractivity contribution >= 4 is 23.2 Å². The molecule has 2 aromatic carbocycles. The number of benzene rings is 2. The van der Waals surface area contributed by atoms with Gasteiger partial charge in [-0.05, 0) is 48.5 Å². The fourth-order valence-corrected chi connectivity index (χ4v) is 2.65. The zero-order chi connectivity index (χ0) is 23.3. The summed E-state index contributed by atoms with van der Waals surface area (Å²) >= 11 is 0. The number of carbonyl (C=O) groups is 2. The van der Waals surface area contributed by atoms with E-state index >= 15 is 0 Å². The van der Waals surface area contributed by atoms with Crippen LogP contribution in [0.5, 0.6) is 0 Å². The van der Waals surface area contributed by atoms with Gasteiger partial charge < -0.3 is 9.88 Å². The Hall–Kier alpha value is -4.15. The highest BCUT2D eigenvalue weighted by Gasteiger charge is 2.30. The zero-order valence-electron chi connectivity index (χ0n) is 16.2. The molecule has 3 N–H and O–H groups in total. The summed E-state index contributed by atoms with van der Waals surface area (Å²) in [6.45, 7) is -0.474. The van der Waals surface area contributed by atoms with E-state index in [1.807, 2.05) is 0 Å². The van der Waals surface area contributed by atoms with Crippen LogP contribution in [0, 0.1) is 5.82 Å². The van der Waals surface area contributed by atoms with Gasteiger partial charge in [0.05, 0.1) is 16.8 Å². The largest absolute Gasteiger partial charge is 0.416 e. The standard InChI is InChI=1S/C21H16F4N4O3/c22-15-2-1-3-17(10-15)27-28-20(32)13-4-9-19(31)29(11-13)12-18(30)26-16-7-5-14(6-8-16)21(23,24)25/h1-11,27H,12H2,(H,26,30)(H,28,32). The molecule has 0 aliphatic rings. The molecule has 0 aliphatic heterocycles. The maximum atomic E-state index is 13.2. The summed E-state index contributed by atoms with van der Waals surface area (Å²) in [6, 6.07) is 11.5. The monoisotopic (exact) mass is 448 g/mol. The third-order valence-corrected chi connectivity index (χ3v) is 4.20. The van der Waals surface area contributed by atoms with Crippen molar-refractivity contribution in [3.8, 4) is 0 Å². The molecule has 1 aromatic heterocycles. The highest BCUT2D eigenvalue weighted by atomic mass is 19.4. The second kappa shape index (κ2) is 9.33. The number of anilines is 2. The molecule has 3 rings (SSSR count). The number of hydrogen-bond acceptors (Lipinski definition) is 4. The van der Waals surface area contributed by atoms with Gasteiger partial charge in [0.25, 0.3) is 11.5 Å². The second-order valence-electron chi connectivity index (χ2n) is 6.60. The molecule has 0 aliphatic carbocycles. The van der Waals surface area contributed by atoms with Crippen LogP contribution < -0.4 is 21.7 Å². The molecule has 0 saturated heterocycles. The maximum absolute atomic E-state index is 13.2. The van der Waals surface area contributed by atoms with Gasteiger partial charge in [-0.15, -0.1) is 0 Å². The van der Waals surface area contributed by atoms with Crippen LogP contribution in [0.4, 0.5) is 28.9 Å². The van der Waals surface area contributed by atoms with E-state index in [4.69, 9.17) is 0 Å². The van der Waals surface area contributed by atoms with E-state index in [1.165, 1.54) is 24.3 Å². The number of alkyl halides is 3. The van der Waals surface area contributed by atoms with Gasteiger partial charge in [-0.2, -0.15) is 13.2 Å². The van der Waals surface area contributed by atoms with Gasteiger partial charge in [0.1, 0.15) is 12.4 Å². The topological polar surface area (TPSA) is 92.2 Å². The highest BCUT2D eigenvalue weighted by molar-refractivity contribution is 5.95. The van der Waals surface area contributed by atoms with Crippen LogP contribution in [0.15, 0.2) is 71.7 Å². The lowest BCUT2D eigenvalue weighted by molar-refractivity contribution is -0.137. The van der Waals surface area contributed by atoms with Crippen molar-refractivity contribution in [3.05, 3.63) is 94.2 Å². The van der Waals surface area contributed by atoms with Crippen LogP contribution in [0.2, 0.25) is 0 Å². The van der Waals surface area contributed by atoms with Crippen LogP contribution in [0.25, 0.3) is 0 Å². The minimum Gasteiger partial charge on any atom is -0.325 e. The number of halogens is 4. The summed E-state index contributed by atoms with van der Waals surface area (Å²) < 4.78 is 52.0. The summed E-state index contributed by atoms with van der Waals surface area (Å²) in [5.74, 6) is -1.83. The highest BCUT2D eigenvalue weighted by Crippen LogP contribution is 2.29. The number of aromatic nitrogens is 1. The van der Waals surface area contributed by atoms with E-state index in [2.05, 4.69) is 16.2 Å². The molecule has 0 fully saturated rings. The molecular weight excluding hydrogens is 432 g/mol. The van der Waals surface area contributed by atoms with Gasteiger partial charge in [-0.25, -0.2) is 4.39 Å². The zero-order valence-corrected chi connectivity index (χ0v) is 16.2. The molecule has 0 radical (unpaired) electrons. The van der Waals surface area contributed by atoms with E-state index in [-0.39, 0.29) is 11.3 Å². The summed E-state index contributed by atoms with van der Waals surface area (Å²) in [5.41, 5.74) is 3.87. The molecule has 32 heavy (non-hydrogen) atoms. The minimum absolute atomic E-state index is 0.0378. The van der Waals surface area contributed by atoms with E-state index < -0.39 is 41.5 Å². The van der Waals surface area contributed by atoms with Crippen molar-refractivity contribution < 1.29 is 27.2 Å². The number of carbonyl (C=O) groups excluding carboxylic acids is 2. The van der Waals surface area contributed by atoms with Crippen LogP contribution >= 0.6 is 0 Å². The third kappa shape index (κ3) is 5.94. The van der Waals surface area contributed by atoms with E-state index in [0.29, 0.717) is 5.69 Å². The fraction of sp³-hybridized carbons (Fsp3) is 0.0952. The van der Waals surface area contributed by atoms with Crippen molar-refractivity contribution in [2.24, 2.45) is 0 Å². The average Bonchev–Trinajstić information content (AvgIpc) is 2.73. The smallest absolute Gasteiger partial charge is 0.325 e. The summed E-state index contributed by atoms with van der Waals surface area (Å²) in [6.07, 6.45) is -3.35. The van der Waals surface area contributed by atoms with E-state index in [9.17, 15) is 31.9 Å². The Morgan fingerprint density at radius 2 is 1.66 bits per heavy atom. The number of hydrazine groups is 1. The van der Waals surface area contributed by atoms with Crippen molar-refractivity contribution in [2.45, 2.75) is 12.7 Å². The first-order valence-electron chi connectivity index (χ1n) is 9.11. The molecule has 0 atom stereocenters. The first kappa shape index (κ1) is 22.5. The SMILES string of the molecule is O=C(Cn1cc(C(=O)NNc2cccc(F)c2)ccc1=O)Nc1ccc(C(F)(F)F)cc1. The van der Waals surface area contributed by atoms with Gasteiger partial charge in [-0.3, -0.25) is 25.2 Å². The Kier molecular flexibility index (Phi) is 6.57. The summed E-state index contributed by atoms with van der Waals surface area (Å²) in [5, 5.41) is 2.38. The molecule has 3 aromatic rings. The van der Waals surface area contributed by atoms with Gasteiger partial charge in [0.15, 0.2) is 0 Å². The van der Waals surface area contributed by atoms with E-state index in [1.54, 1.807) is 0 Å². The van der Waals surface area contributed by atoms with E-state index in [0.717, 1.165) is 47.2 Å². The molecule has 2 amide bonds. The van der Waals surface area contributed by atoms with Crippen LogP contribution in [-0.2, 0) is 17.5 Å². The molecule has 0 bridgehead atoms. The predicted octanol–water partition coefficient (Wildman–Crippen LogP) is 3.40. The normalized spacial score (nSPS) is 11.0. The Balaban J connectivity index is 1.64. The summed E-state index contributed by atoms with van der Waals surface area (Å²) in [4.78, 5) is 36.5. The first-order valence-corrected chi connectivity index (χ1v) is 9.11. The number of amides is 2. The van der Waals surface area contributed by atoms with Gasteiger partial charge in [-0.1, -0.05) is 6.07 Å². The Morgan fingerprint density at radius 3 is 2.31 bits per heavy atom. The molecule has 1 heterocycles. The molecule has 7 nitrogen and oxygen atoms in total. The Morgan fingerprint density at radius 1 is 0.938 bits per heavy atom. The van der Waals surface area contributed by atoms with Crippen molar-refractivity contribution in [2.75, 3.05) is 10.7 Å². The molecule has 0 saturated carbocycles. The molecule has 0 unspecified atom stereocenters. The summed E-state index contributed by atoms with van der Waals surface area (Å²) in [7, 11) is 0. The van der Waals surface area contributed by atoms with Crippen LogP contribution in [-0.4, -0.2) is 16.4 Å². The quantitative estimate of drug-likeness (QED) is 0.398. The predicted molar refractivity (Wildman–Crippen MR) is 108 cm³/mol. The van der Waals surface area contributed by atoms with Gasteiger partial charge in [0.2, 0.25) is 5.91 Å². The minimum atomic E-state index is -4.50. The second-order valence-corrected chi connectivity index (χ2v) is 6.60. The lowest BCUT2D eigenvalue weighted by Gasteiger charge is -2.11. The molecular formula is C21H16F4N4O3. The third-order valence-electron chi connectivity index (χ3n) is 4.20. The first-order chi connectivity index (χ1) is 15.1. The van der Waals surface area contributed by atoms with Crippen molar-refractivity contribution in [1.29, 1.82) is 0 Å². The molecule has 0 spiro atoms. The van der Waals surface area contributed by atoms with Crippen molar-refractivity contribution in [3.63, 3.8) is 0 Å². The maximum Gasteiger partial charge on any atom is 0.416 e. The van der Waals surface area contributed by atoms with Crippen LogP contribution in [0.3, 0.4) is 0 Å². The lowest BCUT2D eigenvalue weighted by Crippen LogP contribution is -2.32. The number of nitrogens with one attached hydrogen (secondary N) is 3. The fourth-order valence-electron chi connectivity index (χ4n) is 2.65. The number of pyridine rings is 1. The van der Waals surface area contributed by atoms with Gasteiger partial charge in [0, 0.05) is 18.0 Å². The Bertz CT molecular complexity index is 1190. The van der Waals surface area contributed by atoms with Gasteiger partial charge >= 0.3 is 6.18 Å². The molecule has 11 heteroatoms. The molecule has 166 valence electrons. The lowest BCUT2D eigenvalue weighted by atomic mass is 10.2. The number of nitrogens with zero attached hydrogens (tertiary/aromatic N) is 1. The number of rotatable bonds is 6. The van der Waals surface area contributed by atoms with Crippen LogP contribution in [0.1, 0.15) is 15.9 Å². The number of hydrogen-bond donors (Lipinski definition) is 3. The Labute approximate surface area is 178 Å². The average molecular weight is 448 g/mol. The van der Waals surface area contributed by atoms with Crippen molar-refractivity contribution in [1.82, 2.24) is 9.99 Å².